The van der Waals surface area contributed by atoms with Crippen LogP contribution in [0.15, 0.2) is 95.3 Å². The summed E-state index contributed by atoms with van der Waals surface area (Å²) in [6.07, 6.45) is 0.924. The summed E-state index contributed by atoms with van der Waals surface area (Å²) in [5.41, 5.74) is 5.37. The topological polar surface area (TPSA) is 83.1 Å². The molecule has 3 aromatic rings. The molecular formula is C33H33NO6. The van der Waals surface area contributed by atoms with E-state index >= 15 is 0 Å². The molecule has 0 saturated heterocycles. The number of carbonyl (C=O) groups excluding carboxylic acids is 2. The number of hydrogen-bond acceptors (Lipinski definition) is 7. The van der Waals surface area contributed by atoms with Crippen molar-refractivity contribution in [3.8, 4) is 17.2 Å². The summed E-state index contributed by atoms with van der Waals surface area (Å²) in [6.45, 7) is 2.26. The van der Waals surface area contributed by atoms with Crippen LogP contribution >= 0.6 is 0 Å². The number of ether oxygens (including phenoxy) is 4. The maximum absolute atomic E-state index is 13.9. The molecule has 0 radical (unpaired) electrons. The van der Waals surface area contributed by atoms with Crippen molar-refractivity contribution in [1.29, 1.82) is 0 Å². The van der Waals surface area contributed by atoms with Crippen LogP contribution in [0.2, 0.25) is 0 Å². The smallest absolute Gasteiger partial charge is 0.336 e. The van der Waals surface area contributed by atoms with E-state index in [1.54, 1.807) is 14.2 Å². The predicted molar refractivity (Wildman–Crippen MR) is 151 cm³/mol. The Morgan fingerprint density at radius 3 is 2.38 bits per heavy atom. The molecule has 1 aliphatic carbocycles. The number of hydrogen-bond donors (Lipinski definition) is 1. The van der Waals surface area contributed by atoms with Gasteiger partial charge in [-0.15, -0.1) is 0 Å². The Balaban J connectivity index is 1.51. The van der Waals surface area contributed by atoms with Gasteiger partial charge in [0.25, 0.3) is 0 Å². The molecule has 0 fully saturated rings. The molecule has 2 unspecified atom stereocenters. The van der Waals surface area contributed by atoms with Gasteiger partial charge >= 0.3 is 5.97 Å². The van der Waals surface area contributed by atoms with Gasteiger partial charge in [0, 0.05) is 29.3 Å². The van der Waals surface area contributed by atoms with Gasteiger partial charge < -0.3 is 24.3 Å². The van der Waals surface area contributed by atoms with Crippen molar-refractivity contribution < 1.29 is 28.5 Å². The van der Waals surface area contributed by atoms with E-state index in [1.807, 2.05) is 79.7 Å². The largest absolute Gasteiger partial charge is 0.493 e. The minimum Gasteiger partial charge on any atom is -0.493 e. The first-order valence-electron chi connectivity index (χ1n) is 13.2. The van der Waals surface area contributed by atoms with Gasteiger partial charge in [-0.05, 0) is 60.2 Å². The van der Waals surface area contributed by atoms with Crippen LogP contribution in [0.25, 0.3) is 0 Å². The van der Waals surface area contributed by atoms with E-state index in [1.165, 1.54) is 7.11 Å². The van der Waals surface area contributed by atoms with Gasteiger partial charge in [-0.2, -0.15) is 0 Å². The van der Waals surface area contributed by atoms with Crippen LogP contribution < -0.4 is 19.5 Å². The number of benzene rings is 3. The molecule has 0 aromatic heterocycles. The normalized spacial score (nSPS) is 18.6. The second-order valence-corrected chi connectivity index (χ2v) is 9.97. The number of allylic oxidation sites excluding steroid dienone is 3. The number of ketones is 1. The van der Waals surface area contributed by atoms with E-state index in [9.17, 15) is 9.59 Å². The number of Topliss-reactive ketones (excluding diaryl/α,β-unsaturated/α-hetero) is 1. The van der Waals surface area contributed by atoms with E-state index in [0.717, 1.165) is 22.4 Å². The second kappa shape index (κ2) is 11.7. The Labute approximate surface area is 234 Å². The standard InChI is InChI=1S/C33H33NO6/c1-20-30(33(36)39-4)31(23-11-8-12-25(15-23)40-19-21-9-6-5-7-10-21)32-26(34-20)16-24(17-27(32)35)22-13-14-28(37-2)29(18-22)38-3/h5-15,18,24,31,34H,16-17,19H2,1-4H3. The number of rotatable bonds is 8. The number of methoxy groups -OCH3 is 3. The maximum Gasteiger partial charge on any atom is 0.336 e. The van der Waals surface area contributed by atoms with Gasteiger partial charge in [-0.25, -0.2) is 4.79 Å². The molecule has 2 atom stereocenters. The summed E-state index contributed by atoms with van der Waals surface area (Å²) in [5, 5.41) is 3.38. The highest BCUT2D eigenvalue weighted by molar-refractivity contribution is 6.04. The lowest BCUT2D eigenvalue weighted by molar-refractivity contribution is -0.136. The molecule has 3 aromatic carbocycles. The Kier molecular flexibility index (Phi) is 7.91. The lowest BCUT2D eigenvalue weighted by Gasteiger charge is -2.36. The summed E-state index contributed by atoms with van der Waals surface area (Å²) >= 11 is 0. The highest BCUT2D eigenvalue weighted by Gasteiger charge is 2.41. The first-order chi connectivity index (χ1) is 19.4. The summed E-state index contributed by atoms with van der Waals surface area (Å²) in [5.74, 6) is 0.832. The van der Waals surface area contributed by atoms with Gasteiger partial charge in [0.2, 0.25) is 0 Å². The zero-order chi connectivity index (χ0) is 28.2. The molecule has 0 amide bonds. The molecule has 2 aliphatic rings. The Bertz CT molecular complexity index is 1490. The molecular weight excluding hydrogens is 506 g/mol. The van der Waals surface area contributed by atoms with E-state index in [0.29, 0.717) is 53.5 Å². The maximum atomic E-state index is 13.9. The van der Waals surface area contributed by atoms with Gasteiger partial charge in [0.15, 0.2) is 17.3 Å². The minimum absolute atomic E-state index is 0.0111. The fourth-order valence-corrected chi connectivity index (χ4v) is 5.62. The molecule has 0 bridgehead atoms. The third-order valence-corrected chi connectivity index (χ3v) is 7.55. The van der Waals surface area contributed by atoms with Crippen molar-refractivity contribution in [1.82, 2.24) is 5.32 Å². The Morgan fingerprint density at radius 1 is 0.875 bits per heavy atom. The van der Waals surface area contributed by atoms with Crippen molar-refractivity contribution in [2.75, 3.05) is 21.3 Å². The van der Waals surface area contributed by atoms with Gasteiger partial charge in [-0.3, -0.25) is 4.79 Å². The lowest BCUT2D eigenvalue weighted by Crippen LogP contribution is -2.36. The summed E-state index contributed by atoms with van der Waals surface area (Å²) in [4.78, 5) is 26.9. The van der Waals surface area contributed by atoms with Crippen LogP contribution in [-0.2, 0) is 20.9 Å². The molecule has 1 heterocycles. The molecule has 40 heavy (non-hydrogen) atoms. The van der Waals surface area contributed by atoms with E-state index in [-0.39, 0.29) is 11.7 Å². The predicted octanol–water partition coefficient (Wildman–Crippen LogP) is 5.82. The third-order valence-electron chi connectivity index (χ3n) is 7.55. The molecule has 1 aliphatic heterocycles. The van der Waals surface area contributed by atoms with Crippen LogP contribution in [0.4, 0.5) is 0 Å². The quantitative estimate of drug-likeness (QED) is 0.361. The highest BCUT2D eigenvalue weighted by Crippen LogP contribution is 2.47. The molecule has 0 spiro atoms. The highest BCUT2D eigenvalue weighted by atomic mass is 16.5. The fraction of sp³-hybridized carbons (Fsp3) is 0.273. The zero-order valence-electron chi connectivity index (χ0n) is 23.2. The monoisotopic (exact) mass is 539 g/mol. The summed E-state index contributed by atoms with van der Waals surface area (Å²) < 4.78 is 22.1. The van der Waals surface area contributed by atoms with E-state index < -0.39 is 11.9 Å². The van der Waals surface area contributed by atoms with Crippen LogP contribution in [-0.4, -0.2) is 33.1 Å². The zero-order valence-corrected chi connectivity index (χ0v) is 23.2. The van der Waals surface area contributed by atoms with Crippen LogP contribution in [0.1, 0.15) is 48.3 Å². The van der Waals surface area contributed by atoms with Crippen molar-refractivity contribution >= 4 is 11.8 Å². The molecule has 1 N–H and O–H groups in total. The second-order valence-electron chi connectivity index (χ2n) is 9.97. The van der Waals surface area contributed by atoms with Crippen LogP contribution in [0.3, 0.4) is 0 Å². The number of esters is 1. The Hall–Kier alpha value is -4.52. The van der Waals surface area contributed by atoms with Gasteiger partial charge in [0.05, 0.1) is 26.9 Å². The summed E-state index contributed by atoms with van der Waals surface area (Å²) in [7, 11) is 4.56. The van der Waals surface area contributed by atoms with Gasteiger partial charge in [0.1, 0.15) is 12.4 Å². The molecule has 206 valence electrons. The van der Waals surface area contributed by atoms with Crippen molar-refractivity contribution in [3.05, 3.63) is 112 Å². The van der Waals surface area contributed by atoms with Crippen molar-refractivity contribution in [3.63, 3.8) is 0 Å². The van der Waals surface area contributed by atoms with E-state index in [2.05, 4.69) is 5.32 Å². The third kappa shape index (κ3) is 5.32. The molecule has 0 saturated carbocycles. The first-order valence-corrected chi connectivity index (χ1v) is 13.2. The average molecular weight is 540 g/mol. The first kappa shape index (κ1) is 27.1. The number of nitrogens with one attached hydrogen (secondary N) is 1. The molecule has 5 rings (SSSR count). The number of carbonyl (C=O) groups is 2. The van der Waals surface area contributed by atoms with Crippen molar-refractivity contribution in [2.24, 2.45) is 0 Å². The molecule has 7 nitrogen and oxygen atoms in total. The summed E-state index contributed by atoms with van der Waals surface area (Å²) in [6, 6.07) is 23.3. The van der Waals surface area contributed by atoms with Crippen molar-refractivity contribution in [2.45, 2.75) is 38.2 Å². The lowest BCUT2D eigenvalue weighted by atomic mass is 9.71. The fourth-order valence-electron chi connectivity index (χ4n) is 5.62. The van der Waals surface area contributed by atoms with E-state index in [4.69, 9.17) is 18.9 Å². The van der Waals surface area contributed by atoms with Gasteiger partial charge in [-0.1, -0.05) is 48.5 Å². The molecule has 7 heteroatoms. The Morgan fingerprint density at radius 2 is 1.65 bits per heavy atom. The average Bonchev–Trinajstić information content (AvgIpc) is 2.99. The SMILES string of the molecule is COC(=O)C1=C(C)NC2=C(C(=O)CC(c3ccc(OC)c(OC)c3)C2)C1c1cccc(OCc2ccccc2)c1. The van der Waals surface area contributed by atoms with Crippen LogP contribution in [0, 0.1) is 0 Å². The van der Waals surface area contributed by atoms with Crippen LogP contribution in [0.5, 0.6) is 17.2 Å². The minimum atomic E-state index is -0.567. The number of dihydropyridines is 1.